The lowest BCUT2D eigenvalue weighted by Gasteiger charge is -2.25. The van der Waals surface area contributed by atoms with E-state index in [2.05, 4.69) is 0 Å². The van der Waals surface area contributed by atoms with Crippen molar-refractivity contribution < 1.29 is 9.13 Å². The van der Waals surface area contributed by atoms with Gasteiger partial charge in [-0.3, -0.25) is 4.99 Å². The molecule has 1 atom stereocenters. The molecule has 0 radical (unpaired) electrons. The van der Waals surface area contributed by atoms with Crippen molar-refractivity contribution in [3.05, 3.63) is 53.0 Å². The van der Waals surface area contributed by atoms with E-state index in [0.29, 0.717) is 5.56 Å². The fraction of sp³-hybridized carbons (Fsp3) is 0.400. The third-order valence-corrected chi connectivity index (χ3v) is 5.04. The van der Waals surface area contributed by atoms with Gasteiger partial charge in [-0.05, 0) is 49.8 Å². The van der Waals surface area contributed by atoms with Crippen molar-refractivity contribution in [2.75, 3.05) is 7.11 Å². The van der Waals surface area contributed by atoms with Gasteiger partial charge in [0.15, 0.2) is 5.90 Å². The molecule has 124 valence electrons. The number of benzene rings is 1. The van der Waals surface area contributed by atoms with Crippen molar-refractivity contribution in [1.82, 2.24) is 0 Å². The second kappa shape index (κ2) is 6.34. The Morgan fingerprint density at radius 2 is 1.96 bits per heavy atom. The summed E-state index contributed by atoms with van der Waals surface area (Å²) in [6.07, 6.45) is 7.98. The van der Waals surface area contributed by atoms with Crippen LogP contribution in [0, 0.1) is 11.7 Å². The highest BCUT2D eigenvalue weighted by molar-refractivity contribution is 6.08. The third-order valence-electron chi connectivity index (χ3n) is 5.04. The molecule has 3 nitrogen and oxygen atoms in total. The molecule has 0 fully saturated rings. The predicted molar refractivity (Wildman–Crippen MR) is 94.5 cm³/mol. The normalized spacial score (nSPS) is 23.4. The lowest BCUT2D eigenvalue weighted by Crippen LogP contribution is -2.22. The lowest BCUT2D eigenvalue weighted by molar-refractivity contribution is 0.383. The summed E-state index contributed by atoms with van der Waals surface area (Å²) in [6.45, 7) is 0. The summed E-state index contributed by atoms with van der Waals surface area (Å²) in [5.74, 6) is 0.860. The van der Waals surface area contributed by atoms with Gasteiger partial charge in [0.25, 0.3) is 0 Å². The number of rotatable bonds is 1. The molecule has 1 aromatic carbocycles. The van der Waals surface area contributed by atoms with E-state index in [9.17, 15) is 4.39 Å². The van der Waals surface area contributed by atoms with Gasteiger partial charge in [0.05, 0.1) is 12.8 Å². The number of aliphatic imine (C=N–C) groups is 2. The first-order valence-corrected chi connectivity index (χ1v) is 8.64. The van der Waals surface area contributed by atoms with Crippen molar-refractivity contribution in [2.24, 2.45) is 15.9 Å². The molecule has 0 aromatic heterocycles. The van der Waals surface area contributed by atoms with Crippen molar-refractivity contribution >= 4 is 17.3 Å². The maximum atomic E-state index is 14.2. The zero-order valence-electron chi connectivity index (χ0n) is 13.9. The Labute approximate surface area is 141 Å². The third kappa shape index (κ3) is 2.70. The molecular weight excluding hydrogens is 303 g/mol. The SMILES string of the molecule is COC1=NC2=C(CCCC2)C2=NC(c3ccccc3F)=CCC2C1. The quantitative estimate of drug-likeness (QED) is 0.723. The molecule has 2 heterocycles. The number of allylic oxidation sites excluding steroid dienone is 3. The average Bonchev–Trinajstić information content (AvgIpc) is 2.78. The highest BCUT2D eigenvalue weighted by Crippen LogP contribution is 2.38. The molecular formula is C20H21FN2O. The fourth-order valence-corrected chi connectivity index (χ4v) is 3.79. The van der Waals surface area contributed by atoms with Crippen LogP contribution in [0.2, 0.25) is 0 Å². The highest BCUT2D eigenvalue weighted by Gasteiger charge is 2.31. The first-order chi connectivity index (χ1) is 11.8. The molecule has 0 N–H and O–H groups in total. The maximum Gasteiger partial charge on any atom is 0.188 e. The Morgan fingerprint density at radius 3 is 2.79 bits per heavy atom. The van der Waals surface area contributed by atoms with Gasteiger partial charge in [-0.2, -0.15) is 0 Å². The van der Waals surface area contributed by atoms with Crippen LogP contribution < -0.4 is 0 Å². The second-order valence-corrected chi connectivity index (χ2v) is 6.55. The van der Waals surface area contributed by atoms with Gasteiger partial charge in [-0.1, -0.05) is 18.2 Å². The minimum Gasteiger partial charge on any atom is -0.484 e. The van der Waals surface area contributed by atoms with Crippen LogP contribution >= 0.6 is 0 Å². The molecule has 24 heavy (non-hydrogen) atoms. The van der Waals surface area contributed by atoms with E-state index in [1.807, 2.05) is 12.1 Å². The number of nitrogens with zero attached hydrogens (tertiary/aromatic N) is 2. The van der Waals surface area contributed by atoms with E-state index in [4.69, 9.17) is 14.7 Å². The summed E-state index contributed by atoms with van der Waals surface area (Å²) in [4.78, 5) is 9.65. The van der Waals surface area contributed by atoms with Crippen LogP contribution in [-0.4, -0.2) is 18.7 Å². The molecule has 4 heteroatoms. The average molecular weight is 324 g/mol. The molecule has 3 aliphatic rings. The van der Waals surface area contributed by atoms with E-state index in [1.54, 1.807) is 19.2 Å². The molecule has 0 saturated carbocycles. The number of halogens is 1. The summed E-state index contributed by atoms with van der Waals surface area (Å²) < 4.78 is 19.6. The molecule has 2 aliphatic heterocycles. The Balaban J connectivity index is 1.78. The Bertz CT molecular complexity index is 789. The monoisotopic (exact) mass is 324 g/mol. The van der Waals surface area contributed by atoms with Gasteiger partial charge in [0.1, 0.15) is 5.82 Å². The van der Waals surface area contributed by atoms with E-state index >= 15 is 0 Å². The van der Waals surface area contributed by atoms with Crippen LogP contribution in [0.25, 0.3) is 5.70 Å². The maximum absolute atomic E-state index is 14.2. The second-order valence-electron chi connectivity index (χ2n) is 6.55. The smallest absolute Gasteiger partial charge is 0.188 e. The Kier molecular flexibility index (Phi) is 4.05. The van der Waals surface area contributed by atoms with E-state index in [0.717, 1.165) is 55.1 Å². The van der Waals surface area contributed by atoms with Gasteiger partial charge in [0, 0.05) is 29.3 Å². The topological polar surface area (TPSA) is 34.0 Å². The zero-order chi connectivity index (χ0) is 16.5. The Morgan fingerprint density at radius 1 is 1.12 bits per heavy atom. The Hall–Kier alpha value is -2.23. The van der Waals surface area contributed by atoms with Gasteiger partial charge in [0.2, 0.25) is 0 Å². The number of ether oxygens (including phenoxy) is 1. The van der Waals surface area contributed by atoms with Crippen molar-refractivity contribution in [3.63, 3.8) is 0 Å². The number of methoxy groups -OCH3 is 1. The summed E-state index contributed by atoms with van der Waals surface area (Å²) in [5, 5.41) is 0. The first-order valence-electron chi connectivity index (χ1n) is 8.64. The van der Waals surface area contributed by atoms with Crippen LogP contribution in [0.3, 0.4) is 0 Å². The minimum absolute atomic E-state index is 0.216. The summed E-state index contributed by atoms with van der Waals surface area (Å²) in [7, 11) is 1.69. The standard InChI is InChI=1S/C20H21FN2O/c1-24-19-12-13-10-11-18(14-6-2-4-8-16(14)21)23-20(13)15-7-3-5-9-17(15)22-19/h2,4,6,8,11,13H,3,5,7,9-10,12H2,1H3. The summed E-state index contributed by atoms with van der Waals surface area (Å²) in [5.41, 5.74) is 4.81. The highest BCUT2D eigenvalue weighted by atomic mass is 19.1. The molecule has 1 aromatic rings. The van der Waals surface area contributed by atoms with Crippen LogP contribution in [0.1, 0.15) is 44.1 Å². The van der Waals surface area contributed by atoms with E-state index in [-0.39, 0.29) is 11.7 Å². The van der Waals surface area contributed by atoms with Crippen LogP contribution in [0.15, 0.2) is 51.6 Å². The molecule has 1 aliphatic carbocycles. The van der Waals surface area contributed by atoms with Gasteiger partial charge < -0.3 is 4.74 Å². The van der Waals surface area contributed by atoms with Crippen molar-refractivity contribution in [3.8, 4) is 0 Å². The zero-order valence-corrected chi connectivity index (χ0v) is 13.9. The summed E-state index contributed by atoms with van der Waals surface area (Å²) in [6, 6.07) is 6.86. The van der Waals surface area contributed by atoms with E-state index < -0.39 is 0 Å². The van der Waals surface area contributed by atoms with Gasteiger partial charge in [-0.25, -0.2) is 9.38 Å². The minimum atomic E-state index is -0.216. The molecule has 0 spiro atoms. The lowest BCUT2D eigenvalue weighted by atomic mass is 9.83. The molecule has 0 bridgehead atoms. The fourth-order valence-electron chi connectivity index (χ4n) is 3.79. The largest absolute Gasteiger partial charge is 0.484 e. The van der Waals surface area contributed by atoms with Crippen LogP contribution in [0.4, 0.5) is 4.39 Å². The van der Waals surface area contributed by atoms with Crippen molar-refractivity contribution in [1.29, 1.82) is 0 Å². The molecule has 1 unspecified atom stereocenters. The number of hydrogen-bond donors (Lipinski definition) is 0. The molecule has 0 saturated heterocycles. The molecule has 0 amide bonds. The first kappa shape index (κ1) is 15.3. The van der Waals surface area contributed by atoms with E-state index in [1.165, 1.54) is 18.1 Å². The predicted octanol–water partition coefficient (Wildman–Crippen LogP) is 4.90. The van der Waals surface area contributed by atoms with Crippen LogP contribution in [0.5, 0.6) is 0 Å². The number of hydrogen-bond acceptors (Lipinski definition) is 3. The number of fused-ring (bicyclic) bond motifs is 2. The molecule has 4 rings (SSSR count). The van der Waals surface area contributed by atoms with Crippen molar-refractivity contribution in [2.45, 2.75) is 38.5 Å². The van der Waals surface area contributed by atoms with Gasteiger partial charge in [-0.15, -0.1) is 0 Å². The van der Waals surface area contributed by atoms with Crippen LogP contribution in [-0.2, 0) is 4.74 Å². The summed E-state index contributed by atoms with van der Waals surface area (Å²) >= 11 is 0. The van der Waals surface area contributed by atoms with Gasteiger partial charge >= 0.3 is 0 Å².